The van der Waals surface area contributed by atoms with E-state index in [1.54, 1.807) is 0 Å². The predicted molar refractivity (Wildman–Crippen MR) is 39.4 cm³/mol. The third kappa shape index (κ3) is 5.15. The monoisotopic (exact) mass is 143 g/mol. The number of hydrogen-bond acceptors (Lipinski definition) is 2. The van der Waals surface area contributed by atoms with Crippen LogP contribution in [0, 0.1) is 5.92 Å². The molecule has 0 saturated carbocycles. The number of aliphatic carboxylic acids is 1. The minimum atomic E-state index is -0.974. The van der Waals surface area contributed by atoms with Crippen LogP contribution in [0.25, 0.3) is 0 Å². The normalized spacial score (nSPS) is 12.1. The van der Waals surface area contributed by atoms with Crippen LogP contribution in [0.2, 0.25) is 0 Å². The standard InChI is InChI=1S/C7H13NO2/c1-5(2)3-6(8)4-7(9)10/h4-5H,3,8H2,1-2H3,(H,9,10)/b6-4-. The molecule has 0 saturated heterocycles. The highest BCUT2D eigenvalue weighted by Gasteiger charge is 1.97. The molecule has 0 aliphatic carbocycles. The summed E-state index contributed by atoms with van der Waals surface area (Å²) in [5.41, 5.74) is 5.79. The number of carboxylic acid groups (broad SMARTS) is 1. The Morgan fingerprint density at radius 1 is 1.70 bits per heavy atom. The van der Waals surface area contributed by atoms with Gasteiger partial charge in [-0.2, -0.15) is 0 Å². The third-order valence-corrected chi connectivity index (χ3v) is 0.953. The first kappa shape index (κ1) is 9.01. The van der Waals surface area contributed by atoms with Crippen molar-refractivity contribution in [1.82, 2.24) is 0 Å². The minimum Gasteiger partial charge on any atom is -0.478 e. The van der Waals surface area contributed by atoms with Crippen molar-refractivity contribution in [2.75, 3.05) is 0 Å². The third-order valence-electron chi connectivity index (χ3n) is 0.953. The molecule has 0 aliphatic heterocycles. The number of nitrogens with two attached hydrogens (primary N) is 1. The smallest absolute Gasteiger partial charge is 0.330 e. The van der Waals surface area contributed by atoms with Gasteiger partial charge in [-0.05, 0) is 12.3 Å². The van der Waals surface area contributed by atoms with Crippen molar-refractivity contribution in [3.8, 4) is 0 Å². The van der Waals surface area contributed by atoms with Crippen molar-refractivity contribution in [3.63, 3.8) is 0 Å². The molecule has 0 unspecified atom stereocenters. The molecule has 0 aromatic heterocycles. The molecule has 0 aromatic rings. The van der Waals surface area contributed by atoms with E-state index in [4.69, 9.17) is 10.8 Å². The molecule has 3 heteroatoms. The van der Waals surface area contributed by atoms with Crippen molar-refractivity contribution >= 4 is 5.97 Å². The van der Waals surface area contributed by atoms with Crippen LogP contribution in [0.1, 0.15) is 20.3 Å². The molecular weight excluding hydrogens is 130 g/mol. The van der Waals surface area contributed by atoms with Gasteiger partial charge in [0.25, 0.3) is 0 Å². The molecule has 0 atom stereocenters. The lowest BCUT2D eigenvalue weighted by Gasteiger charge is -2.02. The van der Waals surface area contributed by atoms with E-state index in [1.807, 2.05) is 13.8 Å². The molecule has 0 radical (unpaired) electrons. The van der Waals surface area contributed by atoms with Gasteiger partial charge in [0, 0.05) is 11.8 Å². The van der Waals surface area contributed by atoms with Gasteiger partial charge in [-0.25, -0.2) is 4.79 Å². The van der Waals surface area contributed by atoms with Crippen LogP contribution in [-0.2, 0) is 4.79 Å². The van der Waals surface area contributed by atoms with Crippen LogP contribution in [0.4, 0.5) is 0 Å². The van der Waals surface area contributed by atoms with Gasteiger partial charge in [0.1, 0.15) is 0 Å². The van der Waals surface area contributed by atoms with Crippen LogP contribution in [-0.4, -0.2) is 11.1 Å². The Balaban J connectivity index is 3.83. The quantitative estimate of drug-likeness (QED) is 0.578. The van der Waals surface area contributed by atoms with E-state index in [2.05, 4.69) is 0 Å². The first-order chi connectivity index (χ1) is 4.52. The molecule has 3 nitrogen and oxygen atoms in total. The fourth-order valence-electron chi connectivity index (χ4n) is 0.689. The van der Waals surface area contributed by atoms with Crippen LogP contribution in [0.15, 0.2) is 11.8 Å². The predicted octanol–water partition coefficient (Wildman–Crippen LogP) is 0.960. The summed E-state index contributed by atoms with van der Waals surface area (Å²) in [5.74, 6) is -0.561. The topological polar surface area (TPSA) is 63.3 Å². The number of allylic oxidation sites excluding steroid dienone is 1. The van der Waals surface area contributed by atoms with Gasteiger partial charge in [-0.3, -0.25) is 0 Å². The van der Waals surface area contributed by atoms with Crippen LogP contribution < -0.4 is 5.73 Å². The average molecular weight is 143 g/mol. The fraction of sp³-hybridized carbons (Fsp3) is 0.571. The van der Waals surface area contributed by atoms with E-state index in [9.17, 15) is 4.79 Å². The van der Waals surface area contributed by atoms with E-state index < -0.39 is 5.97 Å². The highest BCUT2D eigenvalue weighted by molar-refractivity contribution is 5.80. The average Bonchev–Trinajstić information content (AvgIpc) is 1.58. The Bertz CT molecular complexity index is 150. The van der Waals surface area contributed by atoms with Gasteiger partial charge >= 0.3 is 5.97 Å². The molecular formula is C7H13NO2. The van der Waals surface area contributed by atoms with Gasteiger partial charge in [-0.15, -0.1) is 0 Å². The minimum absolute atomic E-state index is 0.413. The van der Waals surface area contributed by atoms with E-state index in [0.29, 0.717) is 18.0 Å². The van der Waals surface area contributed by atoms with E-state index in [-0.39, 0.29) is 0 Å². The second-order valence-corrected chi connectivity index (χ2v) is 2.66. The van der Waals surface area contributed by atoms with Gasteiger partial charge in [0.2, 0.25) is 0 Å². The lowest BCUT2D eigenvalue weighted by molar-refractivity contribution is -0.131. The molecule has 0 aliphatic rings. The Morgan fingerprint density at radius 2 is 2.20 bits per heavy atom. The zero-order valence-corrected chi connectivity index (χ0v) is 6.29. The van der Waals surface area contributed by atoms with E-state index in [1.165, 1.54) is 0 Å². The number of carboxylic acids is 1. The van der Waals surface area contributed by atoms with Crippen LogP contribution in [0.5, 0.6) is 0 Å². The van der Waals surface area contributed by atoms with Gasteiger partial charge in [0.15, 0.2) is 0 Å². The van der Waals surface area contributed by atoms with Crippen LogP contribution in [0.3, 0.4) is 0 Å². The second-order valence-electron chi connectivity index (χ2n) is 2.66. The van der Waals surface area contributed by atoms with E-state index >= 15 is 0 Å². The van der Waals surface area contributed by atoms with Gasteiger partial charge in [0.05, 0.1) is 0 Å². The van der Waals surface area contributed by atoms with Gasteiger partial charge < -0.3 is 10.8 Å². The molecule has 0 amide bonds. The van der Waals surface area contributed by atoms with Crippen molar-refractivity contribution in [1.29, 1.82) is 0 Å². The van der Waals surface area contributed by atoms with Crippen molar-refractivity contribution in [3.05, 3.63) is 11.8 Å². The molecule has 0 bridgehead atoms. The number of carbonyl (C=O) groups is 1. The van der Waals surface area contributed by atoms with Crippen LogP contribution >= 0.6 is 0 Å². The number of hydrogen-bond donors (Lipinski definition) is 2. The maximum Gasteiger partial charge on any atom is 0.330 e. The largest absolute Gasteiger partial charge is 0.478 e. The van der Waals surface area contributed by atoms with Crippen molar-refractivity contribution in [2.45, 2.75) is 20.3 Å². The first-order valence-corrected chi connectivity index (χ1v) is 3.21. The Kier molecular flexibility index (Phi) is 3.54. The molecule has 3 N–H and O–H groups in total. The maximum atomic E-state index is 10.0. The Morgan fingerprint density at radius 3 is 2.50 bits per heavy atom. The lowest BCUT2D eigenvalue weighted by atomic mass is 10.1. The lowest BCUT2D eigenvalue weighted by Crippen LogP contribution is -2.04. The molecule has 10 heavy (non-hydrogen) atoms. The zero-order valence-electron chi connectivity index (χ0n) is 6.29. The summed E-state index contributed by atoms with van der Waals surface area (Å²) in [6.07, 6.45) is 1.69. The summed E-state index contributed by atoms with van der Waals surface area (Å²) >= 11 is 0. The molecule has 0 rings (SSSR count). The zero-order chi connectivity index (χ0) is 8.15. The SMILES string of the molecule is CC(C)C/C(N)=C/C(=O)O. The maximum absolute atomic E-state index is 10.0. The highest BCUT2D eigenvalue weighted by Crippen LogP contribution is 2.04. The fourth-order valence-corrected chi connectivity index (χ4v) is 0.689. The molecule has 0 spiro atoms. The number of rotatable bonds is 3. The summed E-state index contributed by atoms with van der Waals surface area (Å²) in [7, 11) is 0. The molecule has 58 valence electrons. The van der Waals surface area contributed by atoms with Crippen molar-refractivity contribution < 1.29 is 9.90 Å². The van der Waals surface area contributed by atoms with Gasteiger partial charge in [-0.1, -0.05) is 13.8 Å². The summed E-state index contributed by atoms with van der Waals surface area (Å²) in [6.45, 7) is 3.98. The first-order valence-electron chi connectivity index (χ1n) is 3.21. The van der Waals surface area contributed by atoms with Crippen molar-refractivity contribution in [2.24, 2.45) is 11.7 Å². The van der Waals surface area contributed by atoms with E-state index in [0.717, 1.165) is 6.08 Å². The highest BCUT2D eigenvalue weighted by atomic mass is 16.4. The molecule has 0 fully saturated rings. The summed E-state index contributed by atoms with van der Waals surface area (Å²) in [4.78, 5) is 10.0. The molecule has 0 aromatic carbocycles. The summed E-state index contributed by atoms with van der Waals surface area (Å²) in [5, 5.41) is 8.24. The molecule has 0 heterocycles. The second kappa shape index (κ2) is 3.93. The Labute approximate surface area is 60.5 Å². The summed E-state index contributed by atoms with van der Waals surface area (Å²) in [6, 6.07) is 0. The summed E-state index contributed by atoms with van der Waals surface area (Å²) < 4.78 is 0. The Hall–Kier alpha value is -0.990.